The first-order valence-electron chi connectivity index (χ1n) is 6.58. The van der Waals surface area contributed by atoms with Gasteiger partial charge < -0.3 is 0 Å². The van der Waals surface area contributed by atoms with Gasteiger partial charge in [0.15, 0.2) is 5.82 Å². The molecule has 0 unspecified atom stereocenters. The molecule has 0 radical (unpaired) electrons. The van der Waals surface area contributed by atoms with Crippen molar-refractivity contribution in [3.63, 3.8) is 0 Å². The van der Waals surface area contributed by atoms with E-state index in [0.717, 1.165) is 22.3 Å². The molecule has 0 amide bonds. The zero-order valence-electron chi connectivity index (χ0n) is 11.5. The summed E-state index contributed by atoms with van der Waals surface area (Å²) in [6.45, 7) is 2.12. The number of nitrogens with one attached hydrogen (secondary N) is 1. The van der Waals surface area contributed by atoms with Crippen LogP contribution in [0.25, 0.3) is 11.4 Å². The van der Waals surface area contributed by atoms with Gasteiger partial charge in [0, 0.05) is 16.3 Å². The van der Waals surface area contributed by atoms with Crippen LogP contribution in [0.3, 0.4) is 0 Å². The minimum absolute atomic E-state index is 0.715. The van der Waals surface area contributed by atoms with Crippen molar-refractivity contribution in [1.82, 2.24) is 15.2 Å². The highest BCUT2D eigenvalue weighted by molar-refractivity contribution is 7.98. The van der Waals surface area contributed by atoms with Crippen LogP contribution in [0.2, 0.25) is 5.02 Å². The molecule has 0 bridgehead atoms. The number of aromatic nitrogens is 3. The van der Waals surface area contributed by atoms with E-state index in [1.54, 1.807) is 11.8 Å². The SMILES string of the molecule is Cc1ccccc1CSc1n[nH]c(-c2ccc(Cl)cc2)n1. The molecule has 0 spiro atoms. The predicted molar refractivity (Wildman–Crippen MR) is 87.6 cm³/mol. The minimum atomic E-state index is 0.715. The van der Waals surface area contributed by atoms with Crippen LogP contribution in [0.4, 0.5) is 0 Å². The van der Waals surface area contributed by atoms with Crippen molar-refractivity contribution in [1.29, 1.82) is 0 Å². The molecule has 3 aromatic rings. The van der Waals surface area contributed by atoms with E-state index in [0.29, 0.717) is 5.02 Å². The van der Waals surface area contributed by atoms with E-state index >= 15 is 0 Å². The summed E-state index contributed by atoms with van der Waals surface area (Å²) in [5.41, 5.74) is 3.58. The van der Waals surface area contributed by atoms with Crippen molar-refractivity contribution in [3.8, 4) is 11.4 Å². The number of hydrogen-bond donors (Lipinski definition) is 1. The Labute approximate surface area is 132 Å². The lowest BCUT2D eigenvalue weighted by atomic mass is 10.1. The molecule has 1 aromatic heterocycles. The van der Waals surface area contributed by atoms with Crippen LogP contribution in [0.1, 0.15) is 11.1 Å². The average molecular weight is 316 g/mol. The van der Waals surface area contributed by atoms with E-state index in [9.17, 15) is 0 Å². The maximum absolute atomic E-state index is 5.89. The van der Waals surface area contributed by atoms with Crippen LogP contribution in [-0.4, -0.2) is 15.2 Å². The second kappa shape index (κ2) is 6.33. The maximum atomic E-state index is 5.89. The fourth-order valence-corrected chi connectivity index (χ4v) is 2.96. The molecule has 3 rings (SSSR count). The second-order valence-electron chi connectivity index (χ2n) is 4.69. The van der Waals surface area contributed by atoms with Crippen LogP contribution in [-0.2, 0) is 5.75 Å². The van der Waals surface area contributed by atoms with Gasteiger partial charge in [0.05, 0.1) is 0 Å². The number of nitrogens with zero attached hydrogens (tertiary/aromatic N) is 2. The van der Waals surface area contributed by atoms with E-state index in [2.05, 4.69) is 46.4 Å². The first-order valence-corrected chi connectivity index (χ1v) is 7.94. The number of benzene rings is 2. The Morgan fingerprint density at radius 1 is 1.10 bits per heavy atom. The summed E-state index contributed by atoms with van der Waals surface area (Å²) in [7, 11) is 0. The Bertz CT molecular complexity index is 737. The summed E-state index contributed by atoms with van der Waals surface area (Å²) in [5, 5.41) is 8.69. The van der Waals surface area contributed by atoms with Gasteiger partial charge in [-0.15, -0.1) is 5.10 Å². The van der Waals surface area contributed by atoms with Gasteiger partial charge >= 0.3 is 0 Å². The molecule has 1 N–H and O–H groups in total. The van der Waals surface area contributed by atoms with Crippen molar-refractivity contribution >= 4 is 23.4 Å². The molecular weight excluding hydrogens is 302 g/mol. The van der Waals surface area contributed by atoms with Crippen molar-refractivity contribution in [2.75, 3.05) is 0 Å². The van der Waals surface area contributed by atoms with E-state index in [4.69, 9.17) is 11.6 Å². The van der Waals surface area contributed by atoms with Gasteiger partial charge in [0.1, 0.15) is 0 Å². The van der Waals surface area contributed by atoms with Gasteiger partial charge in [-0.05, 0) is 42.3 Å². The summed E-state index contributed by atoms with van der Waals surface area (Å²) < 4.78 is 0. The third-order valence-corrected chi connectivity index (χ3v) is 4.35. The molecule has 1 heterocycles. The Kier molecular flexibility index (Phi) is 4.27. The molecule has 21 heavy (non-hydrogen) atoms. The fraction of sp³-hybridized carbons (Fsp3) is 0.125. The smallest absolute Gasteiger partial charge is 0.209 e. The second-order valence-corrected chi connectivity index (χ2v) is 6.07. The number of halogens is 1. The van der Waals surface area contributed by atoms with Crippen LogP contribution in [0.5, 0.6) is 0 Å². The number of hydrogen-bond acceptors (Lipinski definition) is 3. The topological polar surface area (TPSA) is 41.6 Å². The molecule has 5 heteroatoms. The minimum Gasteiger partial charge on any atom is -0.258 e. The van der Waals surface area contributed by atoms with E-state index in [1.165, 1.54) is 11.1 Å². The van der Waals surface area contributed by atoms with Gasteiger partial charge in [0.2, 0.25) is 5.16 Å². The lowest BCUT2D eigenvalue weighted by Crippen LogP contribution is -1.86. The highest BCUT2D eigenvalue weighted by Crippen LogP contribution is 2.24. The Morgan fingerprint density at radius 2 is 1.86 bits per heavy atom. The summed E-state index contributed by atoms with van der Waals surface area (Å²) in [6, 6.07) is 15.9. The molecule has 0 fully saturated rings. The van der Waals surface area contributed by atoms with Crippen molar-refractivity contribution in [2.45, 2.75) is 17.8 Å². The maximum Gasteiger partial charge on any atom is 0.209 e. The van der Waals surface area contributed by atoms with Gasteiger partial charge in [0.25, 0.3) is 0 Å². The van der Waals surface area contributed by atoms with Crippen LogP contribution in [0.15, 0.2) is 53.7 Å². The number of thioether (sulfide) groups is 1. The van der Waals surface area contributed by atoms with Crippen LogP contribution < -0.4 is 0 Å². The number of aryl methyl sites for hydroxylation is 1. The van der Waals surface area contributed by atoms with Gasteiger partial charge in [-0.2, -0.15) is 0 Å². The summed E-state index contributed by atoms with van der Waals surface area (Å²) in [5.74, 6) is 1.63. The summed E-state index contributed by atoms with van der Waals surface area (Å²) >= 11 is 7.51. The Balaban J connectivity index is 1.71. The van der Waals surface area contributed by atoms with Crippen LogP contribution >= 0.6 is 23.4 Å². The average Bonchev–Trinajstić information content (AvgIpc) is 2.96. The van der Waals surface area contributed by atoms with Crippen molar-refractivity contribution in [3.05, 3.63) is 64.7 Å². The Morgan fingerprint density at radius 3 is 2.62 bits per heavy atom. The quantitative estimate of drug-likeness (QED) is 0.708. The first kappa shape index (κ1) is 14.2. The van der Waals surface area contributed by atoms with E-state index in [1.807, 2.05) is 24.3 Å². The van der Waals surface area contributed by atoms with Crippen LogP contribution in [0, 0.1) is 6.92 Å². The van der Waals surface area contributed by atoms with Crippen molar-refractivity contribution < 1.29 is 0 Å². The molecule has 3 nitrogen and oxygen atoms in total. The van der Waals surface area contributed by atoms with Gasteiger partial charge in [-0.25, -0.2) is 4.98 Å². The van der Waals surface area contributed by atoms with Crippen molar-refractivity contribution in [2.24, 2.45) is 0 Å². The normalized spacial score (nSPS) is 10.8. The largest absolute Gasteiger partial charge is 0.258 e. The summed E-state index contributed by atoms with van der Waals surface area (Å²) in [6.07, 6.45) is 0. The fourth-order valence-electron chi connectivity index (χ4n) is 1.96. The highest BCUT2D eigenvalue weighted by atomic mass is 35.5. The zero-order valence-corrected chi connectivity index (χ0v) is 13.1. The molecule has 0 aliphatic rings. The molecular formula is C16H14ClN3S. The van der Waals surface area contributed by atoms with E-state index in [-0.39, 0.29) is 0 Å². The number of rotatable bonds is 4. The number of aromatic amines is 1. The lowest BCUT2D eigenvalue weighted by molar-refractivity contribution is 0.973. The third kappa shape index (κ3) is 3.46. The summed E-state index contributed by atoms with van der Waals surface area (Å²) in [4.78, 5) is 4.51. The molecule has 0 aliphatic carbocycles. The molecule has 2 aromatic carbocycles. The van der Waals surface area contributed by atoms with Gasteiger partial charge in [-0.3, -0.25) is 5.10 Å². The first-order chi connectivity index (χ1) is 10.2. The molecule has 0 aliphatic heterocycles. The molecule has 0 saturated heterocycles. The Hall–Kier alpha value is -1.78. The van der Waals surface area contributed by atoms with Gasteiger partial charge in [-0.1, -0.05) is 47.6 Å². The molecule has 0 atom stereocenters. The zero-order chi connectivity index (χ0) is 14.7. The highest BCUT2D eigenvalue weighted by Gasteiger charge is 2.07. The molecule has 0 saturated carbocycles. The number of H-pyrrole nitrogens is 1. The van der Waals surface area contributed by atoms with E-state index < -0.39 is 0 Å². The third-order valence-electron chi connectivity index (χ3n) is 3.20. The monoisotopic (exact) mass is 315 g/mol. The predicted octanol–water partition coefficient (Wildman–Crippen LogP) is 4.73. The standard InChI is InChI=1S/C16H14ClN3S/c1-11-4-2-3-5-13(11)10-21-16-18-15(19-20-16)12-6-8-14(17)9-7-12/h2-9H,10H2,1H3,(H,18,19,20). The molecule has 106 valence electrons. The lowest BCUT2D eigenvalue weighted by Gasteiger charge is -2.02.